The van der Waals surface area contributed by atoms with Crippen molar-refractivity contribution in [3.05, 3.63) is 0 Å². The Morgan fingerprint density at radius 2 is 2.11 bits per heavy atom. The summed E-state index contributed by atoms with van der Waals surface area (Å²) in [7, 11) is -4.67. The van der Waals surface area contributed by atoms with Crippen LogP contribution in [0.15, 0.2) is 0 Å². The van der Waals surface area contributed by atoms with Gasteiger partial charge >= 0.3 is 13.8 Å². The fraction of sp³-hybridized carbons (Fsp3) is 0.500. The van der Waals surface area contributed by atoms with Gasteiger partial charge in [0.25, 0.3) is 0 Å². The second kappa shape index (κ2) is 2.93. The highest BCUT2D eigenvalue weighted by atomic mass is 31.2. The molecule has 0 aromatic heterocycles. The second-order valence-electron chi connectivity index (χ2n) is 1.16. The molecule has 0 aliphatic rings. The van der Waals surface area contributed by atoms with Crippen molar-refractivity contribution >= 4 is 13.8 Å². The summed E-state index contributed by atoms with van der Waals surface area (Å²) >= 11 is 0. The minimum absolute atomic E-state index is 0.537. The Kier molecular flexibility index (Phi) is 2.80. The van der Waals surface area contributed by atoms with Crippen molar-refractivity contribution in [3.63, 3.8) is 0 Å². The summed E-state index contributed by atoms with van der Waals surface area (Å²) in [6.07, 6.45) is 0. The molecule has 0 atom stereocenters. The predicted octanol–water partition coefficient (Wildman–Crippen LogP) is -1.42. The molecule has 0 saturated carbocycles. The lowest BCUT2D eigenvalue weighted by Gasteiger charge is -2.01. The first-order valence-electron chi connectivity index (χ1n) is 1.94. The summed E-state index contributed by atoms with van der Waals surface area (Å²) in [6, 6.07) is 0. The average molecular weight is 155 g/mol. The molecule has 54 valence electrons. The van der Waals surface area contributed by atoms with Gasteiger partial charge in [-0.15, -0.1) is 0 Å². The van der Waals surface area contributed by atoms with E-state index in [0.29, 0.717) is 0 Å². The maximum absolute atomic E-state index is 9.99. The monoisotopic (exact) mass is 155 g/mol. The molecule has 7 heteroatoms. The lowest BCUT2D eigenvalue weighted by molar-refractivity contribution is -0.134. The van der Waals surface area contributed by atoms with Gasteiger partial charge in [0.05, 0.1) is 6.54 Å². The highest BCUT2D eigenvalue weighted by molar-refractivity contribution is 7.46. The molecule has 0 rings (SSSR count). The number of phosphoric ester groups is 1. The molecule has 0 aliphatic carbocycles. The van der Waals surface area contributed by atoms with Gasteiger partial charge < -0.3 is 10.3 Å². The van der Waals surface area contributed by atoms with Gasteiger partial charge in [0, 0.05) is 0 Å². The van der Waals surface area contributed by atoms with E-state index in [1.165, 1.54) is 0 Å². The SMILES string of the molecule is NCC(=O)OP(=O)(O)O. The Morgan fingerprint density at radius 3 is 2.22 bits per heavy atom. The molecule has 0 radical (unpaired) electrons. The Labute approximate surface area is 50.9 Å². The van der Waals surface area contributed by atoms with E-state index in [9.17, 15) is 9.36 Å². The standard InChI is InChI=1S/C2H6NO5P/c3-1-2(4)8-9(5,6)7/h1,3H2,(H2,5,6,7). The smallest absolute Gasteiger partial charge is 0.370 e. The van der Waals surface area contributed by atoms with E-state index in [1.807, 2.05) is 0 Å². The molecule has 0 aromatic carbocycles. The van der Waals surface area contributed by atoms with Crippen molar-refractivity contribution in [1.29, 1.82) is 0 Å². The lowest BCUT2D eigenvalue weighted by atomic mass is 10.7. The normalized spacial score (nSPS) is 11.0. The van der Waals surface area contributed by atoms with E-state index in [2.05, 4.69) is 10.3 Å². The number of phosphoric acid groups is 1. The first kappa shape index (κ1) is 8.58. The van der Waals surface area contributed by atoms with Gasteiger partial charge in [-0.25, -0.2) is 4.57 Å². The molecular weight excluding hydrogens is 149 g/mol. The van der Waals surface area contributed by atoms with Crippen LogP contribution < -0.4 is 5.73 Å². The molecule has 0 spiro atoms. The summed E-state index contributed by atoms with van der Waals surface area (Å²) in [5.41, 5.74) is 4.66. The molecular formula is C2H6NO5P. The van der Waals surface area contributed by atoms with E-state index >= 15 is 0 Å². The Bertz CT molecular complexity index is 149. The van der Waals surface area contributed by atoms with Crippen LogP contribution >= 0.6 is 7.82 Å². The number of carbonyl (C=O) groups is 1. The van der Waals surface area contributed by atoms with Crippen molar-refractivity contribution in [2.45, 2.75) is 0 Å². The molecule has 0 aliphatic heterocycles. The molecule has 0 aromatic rings. The van der Waals surface area contributed by atoms with Crippen molar-refractivity contribution in [1.82, 2.24) is 0 Å². The van der Waals surface area contributed by atoms with Gasteiger partial charge in [-0.3, -0.25) is 14.6 Å². The highest BCUT2D eigenvalue weighted by Gasteiger charge is 2.18. The predicted molar refractivity (Wildman–Crippen MR) is 27.2 cm³/mol. The number of carbonyl (C=O) groups excluding carboxylic acids is 1. The number of rotatable bonds is 2. The van der Waals surface area contributed by atoms with Gasteiger partial charge in [-0.2, -0.15) is 0 Å². The van der Waals surface area contributed by atoms with Crippen molar-refractivity contribution < 1.29 is 23.7 Å². The van der Waals surface area contributed by atoms with Crippen LogP contribution in [0.1, 0.15) is 0 Å². The van der Waals surface area contributed by atoms with Crippen LogP contribution in [-0.2, 0) is 13.9 Å². The summed E-state index contributed by atoms with van der Waals surface area (Å²) < 4.78 is 13.3. The van der Waals surface area contributed by atoms with Crippen LogP contribution in [0.25, 0.3) is 0 Å². The molecule has 0 saturated heterocycles. The molecule has 0 bridgehead atoms. The molecule has 4 N–H and O–H groups in total. The van der Waals surface area contributed by atoms with E-state index in [0.717, 1.165) is 0 Å². The third kappa shape index (κ3) is 5.45. The first-order valence-corrected chi connectivity index (χ1v) is 3.47. The fourth-order valence-electron chi connectivity index (χ4n) is 0.170. The molecule has 0 unspecified atom stereocenters. The van der Waals surface area contributed by atoms with Crippen molar-refractivity contribution in [3.8, 4) is 0 Å². The van der Waals surface area contributed by atoms with E-state index in [1.54, 1.807) is 0 Å². The van der Waals surface area contributed by atoms with Gasteiger partial charge in [0.2, 0.25) is 0 Å². The van der Waals surface area contributed by atoms with Gasteiger partial charge in [0.1, 0.15) is 0 Å². The third-order valence-electron chi connectivity index (χ3n) is 0.387. The van der Waals surface area contributed by atoms with E-state index < -0.39 is 20.3 Å². The Morgan fingerprint density at radius 1 is 1.67 bits per heavy atom. The van der Waals surface area contributed by atoms with Crippen LogP contribution in [0, 0.1) is 0 Å². The van der Waals surface area contributed by atoms with Crippen LogP contribution in [-0.4, -0.2) is 22.3 Å². The molecule has 6 nitrogen and oxygen atoms in total. The van der Waals surface area contributed by atoms with Gasteiger partial charge in [-0.1, -0.05) is 0 Å². The summed E-state index contributed by atoms with van der Waals surface area (Å²) in [5.74, 6) is -1.12. The topological polar surface area (TPSA) is 110 Å². The van der Waals surface area contributed by atoms with Crippen molar-refractivity contribution in [2.75, 3.05) is 6.54 Å². The minimum atomic E-state index is -4.67. The first-order chi connectivity index (χ1) is 3.95. The lowest BCUT2D eigenvalue weighted by Crippen LogP contribution is -2.15. The quantitative estimate of drug-likeness (QED) is 0.422. The van der Waals surface area contributed by atoms with Crippen LogP contribution in [0.2, 0.25) is 0 Å². The maximum Gasteiger partial charge on any atom is 0.527 e. The number of nitrogens with two attached hydrogens (primary N) is 1. The second-order valence-corrected chi connectivity index (χ2v) is 2.32. The molecule has 0 amide bonds. The zero-order valence-electron chi connectivity index (χ0n) is 4.35. The maximum atomic E-state index is 9.99. The van der Waals surface area contributed by atoms with Crippen LogP contribution in [0.3, 0.4) is 0 Å². The molecule has 9 heavy (non-hydrogen) atoms. The largest absolute Gasteiger partial charge is 0.527 e. The minimum Gasteiger partial charge on any atom is -0.370 e. The van der Waals surface area contributed by atoms with Crippen molar-refractivity contribution in [2.24, 2.45) is 5.73 Å². The number of hydrogen-bond donors (Lipinski definition) is 3. The highest BCUT2D eigenvalue weighted by Crippen LogP contribution is 2.35. The summed E-state index contributed by atoms with van der Waals surface area (Å²) in [6.45, 7) is -0.537. The zero-order valence-corrected chi connectivity index (χ0v) is 5.25. The molecule has 0 heterocycles. The van der Waals surface area contributed by atoms with Gasteiger partial charge in [0.15, 0.2) is 0 Å². The summed E-state index contributed by atoms with van der Waals surface area (Å²) in [5, 5.41) is 0. The zero-order chi connectivity index (χ0) is 7.49. The average Bonchev–Trinajstić information content (AvgIpc) is 1.62. The summed E-state index contributed by atoms with van der Waals surface area (Å²) in [4.78, 5) is 25.9. The van der Waals surface area contributed by atoms with E-state index in [-0.39, 0.29) is 0 Å². The Balaban J connectivity index is 3.75. The third-order valence-corrected chi connectivity index (χ3v) is 0.829. The van der Waals surface area contributed by atoms with E-state index in [4.69, 9.17) is 9.79 Å². The van der Waals surface area contributed by atoms with Crippen LogP contribution in [0.4, 0.5) is 0 Å². The molecule has 0 fully saturated rings. The fourth-order valence-corrected chi connectivity index (χ4v) is 0.510. The van der Waals surface area contributed by atoms with Gasteiger partial charge in [-0.05, 0) is 0 Å². The van der Waals surface area contributed by atoms with Crippen LogP contribution in [0.5, 0.6) is 0 Å². The Hall–Kier alpha value is -0.420. The number of hydrogen-bond acceptors (Lipinski definition) is 4.